The van der Waals surface area contributed by atoms with Gasteiger partial charge in [-0.2, -0.15) is 0 Å². The molecule has 5 heavy (non-hydrogen) atoms. The second kappa shape index (κ2) is 1.17. The second-order valence-corrected chi connectivity index (χ2v) is 1.73. The SMILES string of the molecule is C1=CN[Si]=C1. The van der Waals surface area contributed by atoms with E-state index in [0.29, 0.717) is 0 Å². The fraction of sp³-hybridized carbons (Fsp3) is 0. The fourth-order valence-electron chi connectivity index (χ4n) is 0.241. The molecule has 0 amide bonds. The van der Waals surface area contributed by atoms with Crippen molar-refractivity contribution in [3.05, 3.63) is 12.3 Å². The third kappa shape index (κ3) is 0.448. The Hall–Kier alpha value is -0.373. The van der Waals surface area contributed by atoms with Crippen molar-refractivity contribution in [2.75, 3.05) is 0 Å². The van der Waals surface area contributed by atoms with E-state index in [2.05, 4.69) is 10.7 Å². The van der Waals surface area contributed by atoms with E-state index in [1.165, 1.54) is 0 Å². The van der Waals surface area contributed by atoms with E-state index in [-0.39, 0.29) is 0 Å². The van der Waals surface area contributed by atoms with Crippen LogP contribution in [-0.4, -0.2) is 15.0 Å². The molecule has 0 bridgehead atoms. The zero-order chi connectivity index (χ0) is 3.54. The Labute approximate surface area is 33.2 Å². The zero-order valence-corrected chi connectivity index (χ0v) is 3.73. The number of rotatable bonds is 0. The standard InChI is InChI=1S/C3H4NSi/c1-2-4-5-3-1/h1-4H. The van der Waals surface area contributed by atoms with E-state index >= 15 is 0 Å². The summed E-state index contributed by atoms with van der Waals surface area (Å²) in [6.45, 7) is 0. The van der Waals surface area contributed by atoms with Crippen molar-refractivity contribution in [3.63, 3.8) is 0 Å². The van der Waals surface area contributed by atoms with Gasteiger partial charge < -0.3 is 4.98 Å². The lowest BCUT2D eigenvalue weighted by Gasteiger charge is -1.68. The second-order valence-electron chi connectivity index (χ2n) is 0.814. The van der Waals surface area contributed by atoms with Gasteiger partial charge in [-0.05, 0) is 12.3 Å². The number of hydrogen-bond donors (Lipinski definition) is 1. The van der Waals surface area contributed by atoms with Gasteiger partial charge >= 0.3 is 0 Å². The lowest BCUT2D eigenvalue weighted by Crippen LogP contribution is -1.96. The van der Waals surface area contributed by atoms with Crippen molar-refractivity contribution in [1.29, 1.82) is 0 Å². The Morgan fingerprint density at radius 2 is 2.60 bits per heavy atom. The summed E-state index contributed by atoms with van der Waals surface area (Å²) in [5.41, 5.74) is 2.10. The van der Waals surface area contributed by atoms with Crippen molar-refractivity contribution in [2.24, 2.45) is 0 Å². The molecule has 0 aromatic heterocycles. The van der Waals surface area contributed by atoms with E-state index in [1.54, 1.807) is 0 Å². The summed E-state index contributed by atoms with van der Waals surface area (Å²) in [5.74, 6) is 0. The monoisotopic (exact) mass is 82.0 g/mol. The molecule has 25 valence electrons. The van der Waals surface area contributed by atoms with Gasteiger partial charge in [-0.3, -0.25) is 0 Å². The Bertz CT molecular complexity index is 65.0. The van der Waals surface area contributed by atoms with E-state index in [4.69, 9.17) is 0 Å². The van der Waals surface area contributed by atoms with Crippen LogP contribution in [0.3, 0.4) is 0 Å². The topological polar surface area (TPSA) is 12.0 Å². The quantitative estimate of drug-likeness (QED) is 0.389. The lowest BCUT2D eigenvalue weighted by atomic mass is 10.7. The van der Waals surface area contributed by atoms with E-state index < -0.39 is 0 Å². The van der Waals surface area contributed by atoms with Gasteiger partial charge in [-0.15, -0.1) is 0 Å². The van der Waals surface area contributed by atoms with E-state index in [1.807, 2.05) is 12.3 Å². The van der Waals surface area contributed by atoms with Crippen LogP contribution in [0.25, 0.3) is 0 Å². The maximum atomic E-state index is 3.01. The minimum absolute atomic E-state index is 0.823. The van der Waals surface area contributed by atoms with Crippen LogP contribution in [-0.2, 0) is 0 Å². The summed E-state index contributed by atoms with van der Waals surface area (Å²) < 4.78 is 0. The summed E-state index contributed by atoms with van der Waals surface area (Å²) in [6.07, 6.45) is 3.96. The molecule has 1 nitrogen and oxygen atoms in total. The van der Waals surface area contributed by atoms with Gasteiger partial charge in [-0.1, -0.05) is 5.67 Å². The highest BCUT2D eigenvalue weighted by Crippen LogP contribution is 1.60. The van der Waals surface area contributed by atoms with Gasteiger partial charge in [0.05, 0.1) is 0 Å². The Kier molecular flexibility index (Phi) is 0.665. The first kappa shape index (κ1) is 2.84. The molecule has 1 aliphatic rings. The molecule has 0 aromatic rings. The fourth-order valence-corrected chi connectivity index (χ4v) is 0.722. The maximum Gasteiger partial charge on any atom is 0.157 e. The minimum Gasteiger partial charge on any atom is -0.396 e. The number of nitrogens with one attached hydrogen (secondary N) is 1. The van der Waals surface area contributed by atoms with Crippen molar-refractivity contribution in [3.8, 4) is 0 Å². The van der Waals surface area contributed by atoms with Gasteiger partial charge in [0.25, 0.3) is 0 Å². The van der Waals surface area contributed by atoms with Crippen molar-refractivity contribution < 1.29 is 0 Å². The van der Waals surface area contributed by atoms with Crippen molar-refractivity contribution in [1.82, 2.24) is 4.98 Å². The van der Waals surface area contributed by atoms with Crippen LogP contribution in [0, 0.1) is 0 Å². The maximum absolute atomic E-state index is 3.01. The lowest BCUT2D eigenvalue weighted by molar-refractivity contribution is 1.41. The molecular weight excluding hydrogens is 78.1 g/mol. The summed E-state index contributed by atoms with van der Waals surface area (Å²) >= 11 is 0. The average Bonchev–Trinajstić information content (AvgIpc) is 1.76. The van der Waals surface area contributed by atoms with Crippen LogP contribution in [0.1, 0.15) is 0 Å². The summed E-state index contributed by atoms with van der Waals surface area (Å²) in [6, 6.07) is 0. The third-order valence-corrected chi connectivity index (χ3v) is 1.13. The molecule has 0 saturated heterocycles. The molecular formula is C3H4NSi. The number of hydrogen-bond acceptors (Lipinski definition) is 1. The van der Waals surface area contributed by atoms with Crippen LogP contribution in [0.2, 0.25) is 0 Å². The first-order valence-corrected chi connectivity index (χ1v) is 2.57. The molecule has 0 aliphatic carbocycles. The predicted molar refractivity (Wildman–Crippen MR) is 24.1 cm³/mol. The third-order valence-electron chi connectivity index (χ3n) is 0.442. The molecule has 1 heterocycles. The molecule has 1 aliphatic heterocycles. The molecule has 0 spiro atoms. The van der Waals surface area contributed by atoms with Crippen LogP contribution >= 0.6 is 0 Å². The van der Waals surface area contributed by atoms with Gasteiger partial charge in [-0.25, -0.2) is 0 Å². The highest BCUT2D eigenvalue weighted by molar-refractivity contribution is 6.48. The summed E-state index contributed by atoms with van der Waals surface area (Å²) in [5, 5.41) is 0. The normalized spacial score (nSPS) is 16.0. The smallest absolute Gasteiger partial charge is 0.157 e. The highest BCUT2D eigenvalue weighted by atomic mass is 28.2. The summed E-state index contributed by atoms with van der Waals surface area (Å²) in [7, 11) is 0.823. The molecule has 1 rings (SSSR count). The largest absolute Gasteiger partial charge is 0.396 e. The summed E-state index contributed by atoms with van der Waals surface area (Å²) in [4.78, 5) is 3.01. The predicted octanol–water partition coefficient (Wildman–Crippen LogP) is -0.475. The van der Waals surface area contributed by atoms with Gasteiger partial charge in [0.2, 0.25) is 0 Å². The molecule has 0 unspecified atom stereocenters. The highest BCUT2D eigenvalue weighted by Gasteiger charge is 1.70. The van der Waals surface area contributed by atoms with Crippen LogP contribution in [0.15, 0.2) is 12.3 Å². The average molecular weight is 82.2 g/mol. The first-order valence-electron chi connectivity index (χ1n) is 1.49. The Balaban J connectivity index is 2.61. The van der Waals surface area contributed by atoms with E-state index in [9.17, 15) is 0 Å². The zero-order valence-electron chi connectivity index (χ0n) is 2.73. The van der Waals surface area contributed by atoms with Crippen molar-refractivity contribution in [2.45, 2.75) is 0 Å². The van der Waals surface area contributed by atoms with Gasteiger partial charge in [0.1, 0.15) is 0 Å². The van der Waals surface area contributed by atoms with Crippen LogP contribution in [0.4, 0.5) is 0 Å². The Morgan fingerprint density at radius 3 is 2.80 bits per heavy atom. The Morgan fingerprint density at radius 1 is 1.60 bits per heavy atom. The minimum atomic E-state index is 0.823. The molecule has 2 heteroatoms. The van der Waals surface area contributed by atoms with Crippen LogP contribution in [0.5, 0.6) is 0 Å². The first-order chi connectivity index (χ1) is 2.50. The van der Waals surface area contributed by atoms with Crippen LogP contribution < -0.4 is 4.98 Å². The van der Waals surface area contributed by atoms with Gasteiger partial charge in [0, 0.05) is 0 Å². The van der Waals surface area contributed by atoms with Crippen molar-refractivity contribution >= 4 is 15.0 Å². The van der Waals surface area contributed by atoms with E-state index in [0.717, 1.165) is 9.29 Å². The molecule has 1 N–H and O–H groups in total. The molecule has 0 saturated carbocycles. The number of allylic oxidation sites excluding steroid dienone is 1. The molecule has 0 fully saturated rings. The van der Waals surface area contributed by atoms with Gasteiger partial charge in [0.15, 0.2) is 9.29 Å². The molecule has 0 aromatic carbocycles. The molecule has 1 radical (unpaired) electrons. The molecule has 0 atom stereocenters.